The van der Waals surface area contributed by atoms with E-state index in [1.54, 1.807) is 19.2 Å². The lowest BCUT2D eigenvalue weighted by Gasteiger charge is -2.21. The van der Waals surface area contributed by atoms with E-state index in [1.165, 1.54) is 7.11 Å². The average molecular weight is 310 g/mol. The quantitative estimate of drug-likeness (QED) is 0.678. The number of hydrogen-bond acceptors (Lipinski definition) is 6. The molecule has 1 aromatic carbocycles. The van der Waals surface area contributed by atoms with Crippen LogP contribution < -0.4 is 24.8 Å². The molecule has 1 aliphatic rings. The van der Waals surface area contributed by atoms with Crippen LogP contribution in [0.25, 0.3) is 0 Å². The van der Waals surface area contributed by atoms with Gasteiger partial charge in [0.1, 0.15) is 13.2 Å². The predicted octanol–water partition coefficient (Wildman–Crippen LogP) is 0.432. The van der Waals surface area contributed by atoms with Gasteiger partial charge in [0.25, 0.3) is 5.91 Å². The van der Waals surface area contributed by atoms with Gasteiger partial charge < -0.3 is 29.6 Å². The fraction of sp³-hybridized carbons (Fsp3) is 0.533. The number of ether oxygens (including phenoxy) is 4. The van der Waals surface area contributed by atoms with Gasteiger partial charge in [0.2, 0.25) is 5.75 Å². The number of methoxy groups -OCH3 is 2. The molecule has 22 heavy (non-hydrogen) atoms. The number of benzene rings is 1. The van der Waals surface area contributed by atoms with Crippen LogP contribution in [0, 0.1) is 0 Å². The molecule has 7 heteroatoms. The van der Waals surface area contributed by atoms with Crippen LogP contribution in [0.2, 0.25) is 0 Å². The molecule has 1 amide bonds. The van der Waals surface area contributed by atoms with Gasteiger partial charge in [-0.05, 0) is 12.1 Å². The number of amides is 1. The Morgan fingerprint density at radius 2 is 2.00 bits per heavy atom. The lowest BCUT2D eigenvalue weighted by Crippen LogP contribution is -2.33. The molecule has 0 fully saturated rings. The Morgan fingerprint density at radius 3 is 2.77 bits per heavy atom. The van der Waals surface area contributed by atoms with Crippen molar-refractivity contribution in [1.29, 1.82) is 0 Å². The maximum atomic E-state index is 12.2. The number of carbonyl (C=O) groups is 1. The molecule has 122 valence electrons. The van der Waals surface area contributed by atoms with Crippen molar-refractivity contribution < 1.29 is 23.7 Å². The number of hydrogen-bond donors (Lipinski definition) is 2. The Morgan fingerprint density at radius 1 is 1.18 bits per heavy atom. The van der Waals surface area contributed by atoms with Gasteiger partial charge in [-0.25, -0.2) is 0 Å². The van der Waals surface area contributed by atoms with Crippen molar-refractivity contribution >= 4 is 5.91 Å². The monoisotopic (exact) mass is 310 g/mol. The minimum Gasteiger partial charge on any atom is -0.493 e. The summed E-state index contributed by atoms with van der Waals surface area (Å²) in [6.07, 6.45) is 0. The Kier molecular flexibility index (Phi) is 6.29. The molecule has 1 aromatic rings. The largest absolute Gasteiger partial charge is 0.493 e. The molecule has 0 aromatic heterocycles. The average Bonchev–Trinajstić information content (AvgIpc) is 2.56. The lowest BCUT2D eigenvalue weighted by molar-refractivity contribution is 0.0951. The van der Waals surface area contributed by atoms with Gasteiger partial charge in [0.05, 0.1) is 13.7 Å². The van der Waals surface area contributed by atoms with E-state index in [2.05, 4.69) is 10.6 Å². The summed E-state index contributed by atoms with van der Waals surface area (Å²) in [5, 5.41) is 6.00. The van der Waals surface area contributed by atoms with E-state index in [1.807, 2.05) is 0 Å². The molecule has 2 rings (SSSR count). The van der Waals surface area contributed by atoms with Crippen LogP contribution in [0.1, 0.15) is 10.4 Å². The summed E-state index contributed by atoms with van der Waals surface area (Å²) in [6.45, 7) is 3.54. The van der Waals surface area contributed by atoms with E-state index in [9.17, 15) is 4.79 Å². The molecule has 0 saturated carbocycles. The van der Waals surface area contributed by atoms with Gasteiger partial charge >= 0.3 is 0 Å². The normalized spacial score (nSPS) is 12.8. The first-order chi connectivity index (χ1) is 10.8. The van der Waals surface area contributed by atoms with Crippen LogP contribution >= 0.6 is 0 Å². The molecule has 0 bridgehead atoms. The fourth-order valence-corrected chi connectivity index (χ4v) is 2.07. The first-order valence-corrected chi connectivity index (χ1v) is 7.21. The van der Waals surface area contributed by atoms with Crippen LogP contribution in [-0.4, -0.2) is 59.6 Å². The molecule has 1 aliphatic heterocycles. The van der Waals surface area contributed by atoms with Gasteiger partial charge in [-0.15, -0.1) is 0 Å². The molecule has 7 nitrogen and oxygen atoms in total. The Labute approximate surface area is 129 Å². The van der Waals surface area contributed by atoms with Crippen molar-refractivity contribution in [2.75, 3.05) is 53.7 Å². The minimum absolute atomic E-state index is 0.177. The van der Waals surface area contributed by atoms with E-state index in [0.29, 0.717) is 55.7 Å². The van der Waals surface area contributed by atoms with E-state index in [-0.39, 0.29) is 5.91 Å². The van der Waals surface area contributed by atoms with Gasteiger partial charge in [-0.2, -0.15) is 0 Å². The number of carbonyl (C=O) groups excluding carboxylic acids is 1. The van der Waals surface area contributed by atoms with Crippen LogP contribution in [0.5, 0.6) is 17.2 Å². The summed E-state index contributed by atoms with van der Waals surface area (Å²) in [7, 11) is 3.19. The predicted molar refractivity (Wildman–Crippen MR) is 81.1 cm³/mol. The second-order valence-corrected chi connectivity index (χ2v) is 4.70. The molecule has 2 N–H and O–H groups in total. The van der Waals surface area contributed by atoms with Crippen LogP contribution in [0.3, 0.4) is 0 Å². The summed E-state index contributed by atoms with van der Waals surface area (Å²) in [4.78, 5) is 12.2. The molecule has 0 atom stereocenters. The standard InChI is InChI=1S/C15H22N2O5/c1-19-6-5-16-3-4-17-15(18)11-9-12(20-2)14-13(10-11)21-7-8-22-14/h9-10,16H,3-8H2,1-2H3,(H,17,18). The van der Waals surface area contributed by atoms with E-state index in [0.717, 1.165) is 6.54 Å². The van der Waals surface area contributed by atoms with Crippen molar-refractivity contribution in [3.05, 3.63) is 17.7 Å². The SMILES string of the molecule is COCCNCCNC(=O)c1cc(OC)c2c(c1)OCCO2. The second kappa shape index (κ2) is 8.45. The van der Waals surface area contributed by atoms with Crippen molar-refractivity contribution in [2.24, 2.45) is 0 Å². The molecule has 1 heterocycles. The number of fused-ring (bicyclic) bond motifs is 1. The molecular weight excluding hydrogens is 288 g/mol. The Bertz CT molecular complexity index is 490. The smallest absolute Gasteiger partial charge is 0.251 e. The van der Waals surface area contributed by atoms with Gasteiger partial charge in [-0.3, -0.25) is 4.79 Å². The van der Waals surface area contributed by atoms with E-state index in [4.69, 9.17) is 18.9 Å². The summed E-state index contributed by atoms with van der Waals surface area (Å²) >= 11 is 0. The number of rotatable bonds is 8. The van der Waals surface area contributed by atoms with Crippen LogP contribution in [0.15, 0.2) is 12.1 Å². The lowest BCUT2D eigenvalue weighted by atomic mass is 10.1. The molecule has 0 radical (unpaired) electrons. The number of nitrogens with one attached hydrogen (secondary N) is 2. The van der Waals surface area contributed by atoms with Gasteiger partial charge in [0.15, 0.2) is 11.5 Å². The maximum Gasteiger partial charge on any atom is 0.251 e. The second-order valence-electron chi connectivity index (χ2n) is 4.70. The van der Waals surface area contributed by atoms with E-state index >= 15 is 0 Å². The zero-order valence-corrected chi connectivity index (χ0v) is 12.9. The van der Waals surface area contributed by atoms with Crippen LogP contribution in [0.4, 0.5) is 0 Å². The van der Waals surface area contributed by atoms with Crippen LogP contribution in [-0.2, 0) is 4.74 Å². The first-order valence-electron chi connectivity index (χ1n) is 7.21. The van der Waals surface area contributed by atoms with Crippen molar-refractivity contribution in [2.45, 2.75) is 0 Å². The molecule has 0 spiro atoms. The summed E-state index contributed by atoms with van der Waals surface area (Å²) in [5.74, 6) is 1.41. The molecule has 0 saturated heterocycles. The highest BCUT2D eigenvalue weighted by Crippen LogP contribution is 2.40. The first kappa shape index (κ1) is 16.4. The summed E-state index contributed by atoms with van der Waals surface area (Å²) in [6, 6.07) is 3.33. The topological polar surface area (TPSA) is 78.1 Å². The zero-order valence-electron chi connectivity index (χ0n) is 12.9. The summed E-state index contributed by atoms with van der Waals surface area (Å²) < 4.78 is 21.2. The summed E-state index contributed by atoms with van der Waals surface area (Å²) in [5.41, 5.74) is 0.484. The fourth-order valence-electron chi connectivity index (χ4n) is 2.07. The molecule has 0 aliphatic carbocycles. The molecule has 0 unspecified atom stereocenters. The third-order valence-electron chi connectivity index (χ3n) is 3.16. The highest BCUT2D eigenvalue weighted by molar-refractivity contribution is 5.95. The Balaban J connectivity index is 1.92. The third-order valence-corrected chi connectivity index (χ3v) is 3.16. The van der Waals surface area contributed by atoms with Gasteiger partial charge in [-0.1, -0.05) is 0 Å². The zero-order chi connectivity index (χ0) is 15.8. The van der Waals surface area contributed by atoms with Crippen molar-refractivity contribution in [3.8, 4) is 17.2 Å². The highest BCUT2D eigenvalue weighted by atomic mass is 16.6. The molecular formula is C15H22N2O5. The van der Waals surface area contributed by atoms with Gasteiger partial charge in [0, 0.05) is 32.3 Å². The van der Waals surface area contributed by atoms with E-state index < -0.39 is 0 Å². The van der Waals surface area contributed by atoms with Crippen molar-refractivity contribution in [1.82, 2.24) is 10.6 Å². The third kappa shape index (κ3) is 4.25. The minimum atomic E-state index is -0.177. The maximum absolute atomic E-state index is 12.2. The highest BCUT2D eigenvalue weighted by Gasteiger charge is 2.20. The van der Waals surface area contributed by atoms with Crippen molar-refractivity contribution in [3.63, 3.8) is 0 Å². The Hall–Kier alpha value is -1.99.